The van der Waals surface area contributed by atoms with Crippen molar-refractivity contribution < 1.29 is 9.21 Å². The molecule has 4 unspecified atom stereocenters. The summed E-state index contributed by atoms with van der Waals surface area (Å²) >= 11 is 0. The van der Waals surface area contributed by atoms with Gasteiger partial charge in [0.05, 0.1) is 0 Å². The van der Waals surface area contributed by atoms with Crippen LogP contribution >= 0.6 is 0 Å². The number of allylic oxidation sites excluding steroid dienone is 2. The summed E-state index contributed by atoms with van der Waals surface area (Å²) in [6.07, 6.45) is 5.07. The van der Waals surface area contributed by atoms with Crippen molar-refractivity contribution in [3.05, 3.63) is 34.5 Å². The lowest BCUT2D eigenvalue weighted by atomic mass is 9.69. The van der Waals surface area contributed by atoms with Crippen LogP contribution in [0.15, 0.2) is 27.8 Å². The highest BCUT2D eigenvalue weighted by Crippen LogP contribution is 2.58. The SMILES string of the molecule is Cc1cc2nc(NC(=O)NC3=C4CC5CC(CC3C)CC45)oc2cc1C. The molecule has 1 heterocycles. The van der Waals surface area contributed by atoms with Crippen molar-refractivity contribution in [3.8, 4) is 0 Å². The number of aromatic nitrogens is 1. The molecule has 4 atom stereocenters. The third-order valence-electron chi connectivity index (χ3n) is 6.72. The quantitative estimate of drug-likeness (QED) is 0.808. The van der Waals surface area contributed by atoms with E-state index in [1.165, 1.54) is 31.3 Å². The van der Waals surface area contributed by atoms with E-state index in [2.05, 4.69) is 22.5 Å². The Labute approximate surface area is 153 Å². The number of hydrogen-bond donors (Lipinski definition) is 2. The van der Waals surface area contributed by atoms with Crippen LogP contribution in [0, 0.1) is 37.5 Å². The van der Waals surface area contributed by atoms with E-state index < -0.39 is 0 Å². The number of aryl methyl sites for hydroxylation is 2. The van der Waals surface area contributed by atoms with Crippen LogP contribution in [0.25, 0.3) is 11.1 Å². The molecular weight excluding hydrogens is 326 g/mol. The summed E-state index contributed by atoms with van der Waals surface area (Å²) in [6.45, 7) is 6.32. The van der Waals surface area contributed by atoms with Gasteiger partial charge in [-0.2, -0.15) is 4.98 Å². The van der Waals surface area contributed by atoms with Crippen LogP contribution in [0.1, 0.15) is 43.7 Å². The molecule has 0 radical (unpaired) electrons. The number of urea groups is 1. The largest absolute Gasteiger partial charge is 0.423 e. The molecule has 2 N–H and O–H groups in total. The molecule has 2 fully saturated rings. The first-order valence-corrected chi connectivity index (χ1v) is 9.66. The second kappa shape index (κ2) is 5.60. The van der Waals surface area contributed by atoms with Crippen molar-refractivity contribution in [3.63, 3.8) is 0 Å². The number of benzene rings is 1. The highest BCUT2D eigenvalue weighted by atomic mass is 16.4. The molecular formula is C21H25N3O2. The molecule has 1 aromatic heterocycles. The molecule has 0 aliphatic heterocycles. The minimum Gasteiger partial charge on any atom is -0.423 e. The van der Waals surface area contributed by atoms with E-state index in [4.69, 9.17) is 4.42 Å². The fourth-order valence-corrected chi connectivity index (χ4v) is 5.29. The minimum absolute atomic E-state index is 0.249. The molecule has 5 nitrogen and oxygen atoms in total. The summed E-state index contributed by atoms with van der Waals surface area (Å²) in [7, 11) is 0. The summed E-state index contributed by atoms with van der Waals surface area (Å²) in [5, 5.41) is 5.90. The third-order valence-corrected chi connectivity index (χ3v) is 6.72. The summed E-state index contributed by atoms with van der Waals surface area (Å²) in [6, 6.07) is 3.95. The molecule has 26 heavy (non-hydrogen) atoms. The minimum atomic E-state index is -0.249. The van der Waals surface area contributed by atoms with Gasteiger partial charge >= 0.3 is 12.0 Å². The van der Waals surface area contributed by atoms with Crippen LogP contribution in [0.2, 0.25) is 0 Å². The average molecular weight is 351 g/mol. The van der Waals surface area contributed by atoms with Crippen LogP contribution < -0.4 is 10.6 Å². The summed E-state index contributed by atoms with van der Waals surface area (Å²) in [5.74, 6) is 2.84. The molecule has 5 heteroatoms. The van der Waals surface area contributed by atoms with Gasteiger partial charge in [0.15, 0.2) is 5.58 Å². The maximum absolute atomic E-state index is 12.6. The summed E-state index contributed by atoms with van der Waals surface area (Å²) < 4.78 is 5.70. The number of amides is 2. The first-order chi connectivity index (χ1) is 12.5. The lowest BCUT2D eigenvalue weighted by Gasteiger charge is -2.38. The van der Waals surface area contributed by atoms with Crippen LogP contribution in [0.5, 0.6) is 0 Å². The zero-order valence-electron chi connectivity index (χ0n) is 15.6. The van der Waals surface area contributed by atoms with E-state index >= 15 is 0 Å². The molecule has 1 aromatic carbocycles. The van der Waals surface area contributed by atoms with Crippen molar-refractivity contribution in [2.45, 2.75) is 46.5 Å². The Balaban J connectivity index is 1.35. The number of carbonyl (C=O) groups is 1. The molecule has 2 saturated carbocycles. The van der Waals surface area contributed by atoms with E-state index in [-0.39, 0.29) is 12.0 Å². The van der Waals surface area contributed by atoms with Gasteiger partial charge in [0, 0.05) is 5.70 Å². The van der Waals surface area contributed by atoms with Gasteiger partial charge in [0.1, 0.15) is 5.52 Å². The smallest absolute Gasteiger partial charge is 0.327 e. The summed E-state index contributed by atoms with van der Waals surface area (Å²) in [5.41, 5.74) is 6.42. The van der Waals surface area contributed by atoms with Crippen molar-refractivity contribution in [2.24, 2.45) is 23.7 Å². The molecule has 3 aliphatic carbocycles. The number of oxazole rings is 1. The number of rotatable bonds is 2. The number of nitrogens with zero attached hydrogens (tertiary/aromatic N) is 1. The topological polar surface area (TPSA) is 67.2 Å². The molecule has 2 amide bonds. The maximum Gasteiger partial charge on any atom is 0.327 e. The van der Waals surface area contributed by atoms with E-state index in [1.54, 1.807) is 0 Å². The van der Waals surface area contributed by atoms with Gasteiger partial charge in [-0.25, -0.2) is 4.79 Å². The zero-order valence-corrected chi connectivity index (χ0v) is 15.6. The predicted molar refractivity (Wildman–Crippen MR) is 101 cm³/mol. The van der Waals surface area contributed by atoms with E-state index in [9.17, 15) is 4.79 Å². The molecule has 0 spiro atoms. The van der Waals surface area contributed by atoms with Gasteiger partial charge in [-0.05, 0) is 92.0 Å². The number of anilines is 1. The van der Waals surface area contributed by atoms with Crippen molar-refractivity contribution in [2.75, 3.05) is 5.32 Å². The number of nitrogens with one attached hydrogen (secondary N) is 2. The Morgan fingerprint density at radius 3 is 2.81 bits per heavy atom. The highest BCUT2D eigenvalue weighted by Gasteiger charge is 2.48. The Kier molecular flexibility index (Phi) is 3.43. The fourth-order valence-electron chi connectivity index (χ4n) is 5.29. The summed E-state index contributed by atoms with van der Waals surface area (Å²) in [4.78, 5) is 17.0. The van der Waals surface area contributed by atoms with Crippen LogP contribution in [-0.2, 0) is 0 Å². The molecule has 136 valence electrons. The van der Waals surface area contributed by atoms with Crippen molar-refractivity contribution in [1.82, 2.24) is 10.3 Å². The van der Waals surface area contributed by atoms with Crippen molar-refractivity contribution >= 4 is 23.1 Å². The molecule has 0 saturated heterocycles. The lowest BCUT2D eigenvalue weighted by Crippen LogP contribution is -2.36. The molecule has 2 bridgehead atoms. The van der Waals surface area contributed by atoms with Gasteiger partial charge in [0.2, 0.25) is 0 Å². The van der Waals surface area contributed by atoms with Crippen LogP contribution in [0.3, 0.4) is 0 Å². The monoisotopic (exact) mass is 351 g/mol. The first-order valence-electron chi connectivity index (χ1n) is 9.66. The van der Waals surface area contributed by atoms with E-state index in [0.717, 1.165) is 40.1 Å². The second-order valence-corrected chi connectivity index (χ2v) is 8.49. The Bertz CT molecular complexity index is 903. The van der Waals surface area contributed by atoms with Crippen LogP contribution in [-0.4, -0.2) is 11.0 Å². The van der Waals surface area contributed by atoms with Crippen molar-refractivity contribution in [1.29, 1.82) is 0 Å². The van der Waals surface area contributed by atoms with Crippen LogP contribution in [0.4, 0.5) is 10.8 Å². The third kappa shape index (κ3) is 2.44. The Hall–Kier alpha value is -2.30. The predicted octanol–water partition coefficient (Wildman–Crippen LogP) is 4.91. The fraction of sp³-hybridized carbons (Fsp3) is 0.524. The Morgan fingerprint density at radius 1 is 1.15 bits per heavy atom. The van der Waals surface area contributed by atoms with E-state index in [1.807, 2.05) is 26.0 Å². The standard InChI is InChI=1S/C21H25N3O2/c1-10-5-17-18(6-11(10)2)26-21(22-17)24-20(25)23-19-12(3)4-13-7-14-9-16(19)15(14)8-13/h5-6,12-15H,4,7-9H2,1-3H3,(H2,22,23,24,25). The number of hydrogen-bond acceptors (Lipinski definition) is 3. The lowest BCUT2D eigenvalue weighted by molar-refractivity contribution is 0.249. The normalized spacial score (nSPS) is 29.5. The molecule has 2 aromatic rings. The van der Waals surface area contributed by atoms with Gasteiger partial charge in [-0.3, -0.25) is 5.32 Å². The second-order valence-electron chi connectivity index (χ2n) is 8.49. The first kappa shape index (κ1) is 15.9. The van der Waals surface area contributed by atoms with E-state index in [0.29, 0.717) is 11.5 Å². The molecule has 5 rings (SSSR count). The van der Waals surface area contributed by atoms with Gasteiger partial charge in [0.25, 0.3) is 0 Å². The number of carbonyl (C=O) groups excluding carboxylic acids is 1. The average Bonchev–Trinajstić information content (AvgIpc) is 3.05. The number of fused-ring (bicyclic) bond motifs is 2. The molecule has 3 aliphatic rings. The maximum atomic E-state index is 12.6. The Morgan fingerprint density at radius 2 is 1.96 bits per heavy atom. The van der Waals surface area contributed by atoms with Gasteiger partial charge in [-0.15, -0.1) is 0 Å². The van der Waals surface area contributed by atoms with Gasteiger partial charge in [-0.1, -0.05) is 6.92 Å². The highest BCUT2D eigenvalue weighted by molar-refractivity contribution is 5.90. The van der Waals surface area contributed by atoms with Gasteiger partial charge < -0.3 is 9.73 Å². The zero-order chi connectivity index (χ0) is 18.0.